The second-order valence-electron chi connectivity index (χ2n) is 10.9. The smallest absolute Gasteiger partial charge is 0.334 e. The molecular weight excluding hydrogens is 472 g/mol. The van der Waals surface area contributed by atoms with Gasteiger partial charge in [0.25, 0.3) is 0 Å². The molecule has 10 atom stereocenters. The van der Waals surface area contributed by atoms with Gasteiger partial charge in [-0.1, -0.05) is 19.9 Å². The van der Waals surface area contributed by atoms with Crippen molar-refractivity contribution in [1.82, 2.24) is 0 Å². The molecule has 1 aromatic heterocycles. The number of esters is 1. The Kier molecular flexibility index (Phi) is 6.63. The number of rotatable bonds is 6. The van der Waals surface area contributed by atoms with Crippen LogP contribution in [0, 0.1) is 22.7 Å². The largest absolute Gasteiger partial charge is 0.472 e. The normalized spacial score (nSPS) is 43.4. The molecule has 5 rings (SSSR count). The number of ether oxygens (including phenoxy) is 3. The average Bonchev–Trinajstić information content (AvgIpc) is 3.51. The highest BCUT2D eigenvalue weighted by molar-refractivity contribution is 5.95. The van der Waals surface area contributed by atoms with Crippen LogP contribution in [-0.4, -0.2) is 76.1 Å². The van der Waals surface area contributed by atoms with E-state index in [9.17, 15) is 30.0 Å². The first kappa shape index (κ1) is 25.6. The Morgan fingerprint density at radius 1 is 1.19 bits per heavy atom. The SMILES string of the molecule is C[C@@H]1C(=O)C[C@@]23COC(=O)C2=CCC[C@@H]3[C@@]1(C)C[C@H](O[C@@H]1O[C@H](CO)[C@@H](O)[C@H](O)[C@H]1O)c1ccoc1. The predicted molar refractivity (Wildman–Crippen MR) is 122 cm³/mol. The average molecular weight is 507 g/mol. The van der Waals surface area contributed by atoms with E-state index in [1.807, 2.05) is 19.9 Å². The second-order valence-corrected chi connectivity index (χ2v) is 10.9. The van der Waals surface area contributed by atoms with Gasteiger partial charge >= 0.3 is 5.97 Å². The molecule has 3 fully saturated rings. The van der Waals surface area contributed by atoms with E-state index in [1.54, 1.807) is 6.07 Å². The predicted octanol–water partition coefficient (Wildman–Crippen LogP) is 1.02. The van der Waals surface area contributed by atoms with Crippen LogP contribution in [0.15, 0.2) is 34.7 Å². The van der Waals surface area contributed by atoms with Gasteiger partial charge in [-0.2, -0.15) is 0 Å². The zero-order chi connectivity index (χ0) is 25.8. The summed E-state index contributed by atoms with van der Waals surface area (Å²) < 4.78 is 22.6. The molecule has 0 aromatic carbocycles. The van der Waals surface area contributed by atoms with E-state index in [0.717, 1.165) is 6.42 Å². The van der Waals surface area contributed by atoms with Gasteiger partial charge in [0.1, 0.15) is 36.8 Å². The van der Waals surface area contributed by atoms with Crippen molar-refractivity contribution >= 4 is 11.8 Å². The van der Waals surface area contributed by atoms with Crippen LogP contribution in [0.2, 0.25) is 0 Å². The topological polar surface area (TPSA) is 156 Å². The summed E-state index contributed by atoms with van der Waals surface area (Å²) in [5.41, 5.74) is -0.0332. The number of hydrogen-bond acceptors (Lipinski definition) is 10. The van der Waals surface area contributed by atoms with Gasteiger partial charge in [0.15, 0.2) is 6.29 Å². The summed E-state index contributed by atoms with van der Waals surface area (Å²) in [4.78, 5) is 25.9. The molecule has 10 heteroatoms. The standard InChI is InChI=1S/C26H34O10/c1-13-16(28)8-26-12-34-23(32)15(26)4-3-5-19(26)25(13,2)9-17(14-6-7-33-11-14)35-24-22(31)21(30)20(29)18(10-27)36-24/h4,6-7,11,13,17-22,24,27,29-31H,3,5,8-10,12H2,1-2H3/t13-,17+,18-,19-,20-,21+,22-,24-,25+,26-/m1/s1. The summed E-state index contributed by atoms with van der Waals surface area (Å²) in [5.74, 6) is -0.667. The Labute approximate surface area is 208 Å². The Bertz CT molecular complexity index is 1020. The van der Waals surface area contributed by atoms with E-state index < -0.39 is 54.2 Å². The highest BCUT2D eigenvalue weighted by atomic mass is 16.7. The Morgan fingerprint density at radius 2 is 1.97 bits per heavy atom. The van der Waals surface area contributed by atoms with Crippen molar-refractivity contribution in [1.29, 1.82) is 0 Å². The molecule has 1 saturated carbocycles. The van der Waals surface area contributed by atoms with Crippen LogP contribution in [0.1, 0.15) is 51.2 Å². The minimum atomic E-state index is -1.58. The van der Waals surface area contributed by atoms with E-state index in [1.165, 1.54) is 12.5 Å². The summed E-state index contributed by atoms with van der Waals surface area (Å²) in [6.07, 6.45) is -0.813. The van der Waals surface area contributed by atoms with Crippen molar-refractivity contribution in [3.8, 4) is 0 Å². The molecule has 2 aliphatic heterocycles. The van der Waals surface area contributed by atoms with Crippen molar-refractivity contribution in [3.63, 3.8) is 0 Å². The van der Waals surface area contributed by atoms with Crippen LogP contribution < -0.4 is 0 Å². The van der Waals surface area contributed by atoms with Gasteiger partial charge in [0.2, 0.25) is 0 Å². The Hall–Kier alpha value is -2.08. The quantitative estimate of drug-likeness (QED) is 0.411. The maximum Gasteiger partial charge on any atom is 0.334 e. The molecule has 0 amide bonds. The van der Waals surface area contributed by atoms with E-state index in [-0.39, 0.29) is 36.6 Å². The van der Waals surface area contributed by atoms with Crippen LogP contribution in [0.4, 0.5) is 0 Å². The van der Waals surface area contributed by atoms with Gasteiger partial charge in [-0.05, 0) is 36.7 Å². The molecule has 3 heterocycles. The lowest BCUT2D eigenvalue weighted by Gasteiger charge is -2.56. The molecule has 1 spiro atoms. The second kappa shape index (κ2) is 9.34. The lowest BCUT2D eigenvalue weighted by atomic mass is 9.46. The summed E-state index contributed by atoms with van der Waals surface area (Å²) in [5, 5.41) is 40.6. The number of aliphatic hydroxyl groups is 4. The number of cyclic esters (lactones) is 1. The summed E-state index contributed by atoms with van der Waals surface area (Å²) in [6.45, 7) is 3.56. The van der Waals surface area contributed by atoms with Crippen LogP contribution in [0.5, 0.6) is 0 Å². The molecule has 0 unspecified atom stereocenters. The van der Waals surface area contributed by atoms with Gasteiger partial charge in [-0.3, -0.25) is 4.79 Å². The van der Waals surface area contributed by atoms with Crippen LogP contribution >= 0.6 is 0 Å². The van der Waals surface area contributed by atoms with Gasteiger partial charge in [0.05, 0.1) is 25.2 Å². The molecule has 0 bridgehead atoms. The fraction of sp³-hybridized carbons (Fsp3) is 0.692. The number of carbonyl (C=O) groups is 2. The minimum Gasteiger partial charge on any atom is -0.472 e. The van der Waals surface area contributed by atoms with Crippen LogP contribution in [0.3, 0.4) is 0 Å². The number of Topliss-reactive ketones (excluding diaryl/α,β-unsaturated/α-hetero) is 1. The highest BCUT2D eigenvalue weighted by Crippen LogP contribution is 2.63. The number of aliphatic hydroxyl groups excluding tert-OH is 4. The van der Waals surface area contributed by atoms with Crippen LogP contribution in [-0.2, 0) is 23.8 Å². The minimum absolute atomic E-state index is 0.0306. The summed E-state index contributed by atoms with van der Waals surface area (Å²) >= 11 is 0. The van der Waals surface area contributed by atoms with E-state index in [0.29, 0.717) is 24.0 Å². The molecule has 0 radical (unpaired) electrons. The molecular formula is C26H34O10. The van der Waals surface area contributed by atoms with E-state index >= 15 is 0 Å². The molecule has 1 aromatic rings. The monoisotopic (exact) mass is 506 g/mol. The van der Waals surface area contributed by atoms with Gasteiger partial charge in [0, 0.05) is 28.9 Å². The lowest BCUT2D eigenvalue weighted by molar-refractivity contribution is -0.315. The first-order valence-electron chi connectivity index (χ1n) is 12.5. The molecule has 198 valence electrons. The van der Waals surface area contributed by atoms with Crippen molar-refractivity contribution in [2.75, 3.05) is 13.2 Å². The maximum atomic E-state index is 13.4. The van der Waals surface area contributed by atoms with E-state index in [4.69, 9.17) is 18.6 Å². The fourth-order valence-electron chi connectivity index (χ4n) is 6.93. The Morgan fingerprint density at radius 3 is 2.67 bits per heavy atom. The first-order chi connectivity index (χ1) is 17.1. The van der Waals surface area contributed by atoms with Crippen molar-refractivity contribution in [2.45, 2.75) is 76.3 Å². The summed E-state index contributed by atoms with van der Waals surface area (Å²) in [7, 11) is 0. The number of ketones is 1. The fourth-order valence-corrected chi connectivity index (χ4v) is 6.93. The summed E-state index contributed by atoms with van der Waals surface area (Å²) in [6, 6.07) is 1.72. The Balaban J connectivity index is 1.48. The molecule has 4 aliphatic rings. The highest BCUT2D eigenvalue weighted by Gasteiger charge is 2.64. The van der Waals surface area contributed by atoms with Crippen molar-refractivity contribution in [2.24, 2.45) is 22.7 Å². The number of allylic oxidation sites excluding steroid dienone is 1. The molecule has 2 saturated heterocycles. The third-order valence-electron chi connectivity index (χ3n) is 9.13. The first-order valence-corrected chi connectivity index (χ1v) is 12.5. The van der Waals surface area contributed by atoms with E-state index in [2.05, 4.69) is 0 Å². The van der Waals surface area contributed by atoms with Gasteiger partial charge in [-0.15, -0.1) is 0 Å². The zero-order valence-corrected chi connectivity index (χ0v) is 20.4. The van der Waals surface area contributed by atoms with Gasteiger partial charge < -0.3 is 39.1 Å². The third-order valence-corrected chi connectivity index (χ3v) is 9.13. The van der Waals surface area contributed by atoms with Crippen molar-refractivity contribution in [3.05, 3.63) is 35.8 Å². The van der Waals surface area contributed by atoms with Crippen molar-refractivity contribution < 1.29 is 48.6 Å². The van der Waals surface area contributed by atoms with Gasteiger partial charge in [-0.25, -0.2) is 4.79 Å². The molecule has 2 aliphatic carbocycles. The molecule has 4 N–H and O–H groups in total. The van der Waals surface area contributed by atoms with Crippen LogP contribution in [0.25, 0.3) is 0 Å². The molecule has 10 nitrogen and oxygen atoms in total. The molecule has 36 heavy (non-hydrogen) atoms. The number of hydrogen-bond donors (Lipinski definition) is 4. The number of furan rings is 1. The number of carbonyl (C=O) groups excluding carboxylic acids is 2. The maximum absolute atomic E-state index is 13.4. The lowest BCUT2D eigenvalue weighted by Crippen LogP contribution is -2.59. The third kappa shape index (κ3) is 3.86. The zero-order valence-electron chi connectivity index (χ0n) is 20.4.